The van der Waals surface area contributed by atoms with E-state index in [4.69, 9.17) is 0 Å². The monoisotopic (exact) mass is 302 g/mol. The third-order valence-electron chi connectivity index (χ3n) is 4.15. The molecule has 1 aromatic rings. The molecule has 4 nitrogen and oxygen atoms in total. The number of hydrogen-bond acceptors (Lipinski definition) is 2. The van der Waals surface area contributed by atoms with Gasteiger partial charge in [-0.15, -0.1) is 0 Å². The molecule has 4 heteroatoms. The first-order valence-corrected chi connectivity index (χ1v) is 8.24. The van der Waals surface area contributed by atoms with Gasteiger partial charge in [-0.1, -0.05) is 51.3 Å². The lowest BCUT2D eigenvalue weighted by Crippen LogP contribution is -2.37. The number of hydrogen-bond donors (Lipinski definition) is 2. The van der Waals surface area contributed by atoms with Crippen molar-refractivity contribution in [3.8, 4) is 0 Å². The molecule has 0 unspecified atom stereocenters. The Bertz CT molecular complexity index is 520. The maximum Gasteiger partial charge on any atom is 0.233 e. The predicted molar refractivity (Wildman–Crippen MR) is 88.8 cm³/mol. The molecule has 1 aliphatic carbocycles. The summed E-state index contributed by atoms with van der Waals surface area (Å²) in [5.41, 5.74) is 1.89. The smallest absolute Gasteiger partial charge is 0.233 e. The Hall–Kier alpha value is -1.84. The Labute approximate surface area is 132 Å². The molecule has 2 N–H and O–H groups in total. The number of carbonyl (C=O) groups excluding carboxylic acids is 2. The summed E-state index contributed by atoms with van der Waals surface area (Å²) < 4.78 is 0. The van der Waals surface area contributed by atoms with Crippen molar-refractivity contribution >= 4 is 17.5 Å². The van der Waals surface area contributed by atoms with Gasteiger partial charge in [0.15, 0.2) is 0 Å². The van der Waals surface area contributed by atoms with Gasteiger partial charge in [0.1, 0.15) is 6.42 Å². The molecule has 22 heavy (non-hydrogen) atoms. The molecule has 0 atom stereocenters. The Balaban J connectivity index is 1.86. The Morgan fingerprint density at radius 3 is 2.45 bits per heavy atom. The topological polar surface area (TPSA) is 58.2 Å². The van der Waals surface area contributed by atoms with Gasteiger partial charge in [-0.3, -0.25) is 9.59 Å². The van der Waals surface area contributed by atoms with Crippen LogP contribution in [-0.4, -0.2) is 17.9 Å². The zero-order valence-corrected chi connectivity index (χ0v) is 13.5. The van der Waals surface area contributed by atoms with Crippen LogP contribution in [0.5, 0.6) is 0 Å². The maximum atomic E-state index is 12.1. The quantitative estimate of drug-likeness (QED) is 0.817. The van der Waals surface area contributed by atoms with Crippen molar-refractivity contribution in [2.45, 2.75) is 64.3 Å². The third-order valence-corrected chi connectivity index (χ3v) is 4.15. The fourth-order valence-corrected chi connectivity index (χ4v) is 2.98. The van der Waals surface area contributed by atoms with E-state index in [-0.39, 0.29) is 24.3 Å². The Morgan fingerprint density at radius 2 is 1.77 bits per heavy atom. The van der Waals surface area contributed by atoms with Crippen molar-refractivity contribution < 1.29 is 9.59 Å². The average molecular weight is 302 g/mol. The number of carbonyl (C=O) groups is 2. The van der Waals surface area contributed by atoms with Crippen molar-refractivity contribution in [2.24, 2.45) is 0 Å². The van der Waals surface area contributed by atoms with Crippen LogP contribution in [0.15, 0.2) is 24.3 Å². The first kappa shape index (κ1) is 16.5. The Kier molecular flexibility index (Phi) is 5.99. The lowest BCUT2D eigenvalue weighted by molar-refractivity contribution is -0.127. The van der Waals surface area contributed by atoms with Crippen molar-refractivity contribution in [3.63, 3.8) is 0 Å². The highest BCUT2D eigenvalue weighted by atomic mass is 16.2. The van der Waals surface area contributed by atoms with E-state index in [2.05, 4.69) is 24.5 Å². The Morgan fingerprint density at radius 1 is 1.09 bits per heavy atom. The van der Waals surface area contributed by atoms with E-state index in [1.165, 1.54) is 19.3 Å². The molecule has 0 aromatic heterocycles. The van der Waals surface area contributed by atoms with E-state index in [0.717, 1.165) is 24.1 Å². The van der Waals surface area contributed by atoms with Gasteiger partial charge in [0, 0.05) is 11.7 Å². The van der Waals surface area contributed by atoms with Crippen LogP contribution in [0.1, 0.15) is 63.9 Å². The fraction of sp³-hybridized carbons (Fsp3) is 0.556. The van der Waals surface area contributed by atoms with Crippen molar-refractivity contribution in [1.29, 1.82) is 0 Å². The molecule has 1 fully saturated rings. The summed E-state index contributed by atoms with van der Waals surface area (Å²) in [5, 5.41) is 5.83. The summed E-state index contributed by atoms with van der Waals surface area (Å²) in [5.74, 6) is -0.0968. The maximum absolute atomic E-state index is 12.1. The van der Waals surface area contributed by atoms with Crippen molar-refractivity contribution in [2.75, 3.05) is 5.32 Å². The molecule has 2 amide bonds. The number of amides is 2. The standard InChI is InChI=1S/C18H26N2O2/c1-13(2)15-10-6-7-11-16(15)20-18(22)12-17(21)19-14-8-4-3-5-9-14/h6-7,10-11,13-14H,3-5,8-9,12H2,1-2H3,(H,19,21)(H,20,22). The van der Waals surface area contributed by atoms with Gasteiger partial charge in [0.25, 0.3) is 0 Å². The summed E-state index contributed by atoms with van der Waals surface area (Å²) >= 11 is 0. The van der Waals surface area contributed by atoms with Crippen LogP contribution < -0.4 is 10.6 Å². The zero-order chi connectivity index (χ0) is 15.9. The highest BCUT2D eigenvalue weighted by Gasteiger charge is 2.18. The minimum absolute atomic E-state index is 0.108. The van der Waals surface area contributed by atoms with Gasteiger partial charge in [-0.25, -0.2) is 0 Å². The molecule has 1 aromatic carbocycles. The van der Waals surface area contributed by atoms with Gasteiger partial charge in [0.05, 0.1) is 0 Å². The second kappa shape index (κ2) is 7.97. The highest BCUT2D eigenvalue weighted by molar-refractivity contribution is 6.03. The summed E-state index contributed by atoms with van der Waals surface area (Å²) in [6.07, 6.45) is 5.53. The summed E-state index contributed by atoms with van der Waals surface area (Å²) in [6.45, 7) is 4.17. The van der Waals surface area contributed by atoms with Gasteiger partial charge < -0.3 is 10.6 Å². The van der Waals surface area contributed by atoms with Crippen LogP contribution in [0.2, 0.25) is 0 Å². The summed E-state index contributed by atoms with van der Waals surface area (Å²) in [4.78, 5) is 24.0. The van der Waals surface area contributed by atoms with Crippen LogP contribution in [0.25, 0.3) is 0 Å². The minimum atomic E-state index is -0.249. The number of nitrogens with one attached hydrogen (secondary N) is 2. The van der Waals surface area contributed by atoms with E-state index in [9.17, 15) is 9.59 Å². The SMILES string of the molecule is CC(C)c1ccccc1NC(=O)CC(=O)NC1CCCCC1. The normalized spacial score (nSPS) is 15.6. The predicted octanol–water partition coefficient (Wildman–Crippen LogP) is 3.59. The van der Waals surface area contributed by atoms with Crippen molar-refractivity contribution in [3.05, 3.63) is 29.8 Å². The first-order chi connectivity index (χ1) is 10.6. The number of rotatable bonds is 5. The zero-order valence-electron chi connectivity index (χ0n) is 13.5. The second-order valence-corrected chi connectivity index (χ2v) is 6.37. The van der Waals surface area contributed by atoms with Crippen LogP contribution >= 0.6 is 0 Å². The lowest BCUT2D eigenvalue weighted by Gasteiger charge is -2.22. The van der Waals surface area contributed by atoms with E-state index < -0.39 is 0 Å². The molecule has 2 rings (SSSR count). The molecular formula is C18H26N2O2. The second-order valence-electron chi connectivity index (χ2n) is 6.37. The third kappa shape index (κ3) is 4.86. The number of benzene rings is 1. The van der Waals surface area contributed by atoms with E-state index in [0.29, 0.717) is 5.92 Å². The molecule has 0 heterocycles. The number of para-hydroxylation sites is 1. The van der Waals surface area contributed by atoms with Gasteiger partial charge in [-0.05, 0) is 30.4 Å². The molecule has 0 saturated heterocycles. The van der Waals surface area contributed by atoms with Crippen LogP contribution in [0.3, 0.4) is 0 Å². The van der Waals surface area contributed by atoms with Gasteiger partial charge >= 0.3 is 0 Å². The molecule has 120 valence electrons. The molecule has 0 aliphatic heterocycles. The summed E-state index contributed by atoms with van der Waals surface area (Å²) in [7, 11) is 0. The highest BCUT2D eigenvalue weighted by Crippen LogP contribution is 2.23. The first-order valence-electron chi connectivity index (χ1n) is 8.24. The van der Waals surface area contributed by atoms with E-state index in [1.807, 2.05) is 24.3 Å². The average Bonchev–Trinajstić information content (AvgIpc) is 2.48. The largest absolute Gasteiger partial charge is 0.353 e. The van der Waals surface area contributed by atoms with E-state index >= 15 is 0 Å². The fourth-order valence-electron chi connectivity index (χ4n) is 2.98. The molecule has 0 spiro atoms. The molecule has 1 saturated carbocycles. The van der Waals surface area contributed by atoms with Crippen molar-refractivity contribution in [1.82, 2.24) is 5.32 Å². The van der Waals surface area contributed by atoms with Crippen LogP contribution in [0, 0.1) is 0 Å². The molecule has 0 bridgehead atoms. The van der Waals surface area contributed by atoms with Gasteiger partial charge in [0.2, 0.25) is 11.8 Å². The molecule has 0 radical (unpaired) electrons. The van der Waals surface area contributed by atoms with Gasteiger partial charge in [-0.2, -0.15) is 0 Å². The molecule has 1 aliphatic rings. The summed E-state index contributed by atoms with van der Waals surface area (Å²) in [6, 6.07) is 7.98. The minimum Gasteiger partial charge on any atom is -0.353 e. The lowest BCUT2D eigenvalue weighted by atomic mass is 9.95. The van der Waals surface area contributed by atoms with Crippen LogP contribution in [0.4, 0.5) is 5.69 Å². The number of anilines is 1. The van der Waals surface area contributed by atoms with E-state index in [1.54, 1.807) is 0 Å². The van der Waals surface area contributed by atoms with Crippen LogP contribution in [-0.2, 0) is 9.59 Å². The molecular weight excluding hydrogens is 276 g/mol.